The molecule has 21 heteroatoms. The van der Waals surface area contributed by atoms with E-state index in [4.69, 9.17) is 49.5 Å². The minimum Gasteiger partial charge on any atom is -0.778 e. The first-order valence-electron chi connectivity index (χ1n) is 16.1. The van der Waals surface area contributed by atoms with Gasteiger partial charge in [0.05, 0.1) is 43.9 Å². The zero-order valence-electron chi connectivity index (χ0n) is 30.2. The Morgan fingerprint density at radius 1 is 1.00 bits per heavy atom. The SMILES string of the molecule is CCNc1nc(Cl)nc(NCC)n1.CCOC(=O)/C(Cl)=C/c1cc(N2C(=O)C3=C(CCCC3)C2=O)ccc1Cl.C[S+](C)C.O=C(O)CNCP(=O)([O-])O. The summed E-state index contributed by atoms with van der Waals surface area (Å²) in [6, 6.07) is 4.74. The lowest BCUT2D eigenvalue weighted by Gasteiger charge is -2.16. The molecule has 1 aliphatic heterocycles. The number of hydrogen-bond donors (Lipinski definition) is 5. The second kappa shape index (κ2) is 24.2. The molecular formula is C32H45Cl3N7O9PS. The normalized spacial score (nSPS) is 14.8. The third-order valence-electron chi connectivity index (χ3n) is 6.25. The highest BCUT2D eigenvalue weighted by Gasteiger charge is 2.39. The van der Waals surface area contributed by atoms with E-state index in [1.165, 1.54) is 11.0 Å². The summed E-state index contributed by atoms with van der Waals surface area (Å²) in [6.07, 6.45) is 10.3. The molecule has 5 N–H and O–H groups in total. The minimum atomic E-state index is -4.35. The van der Waals surface area contributed by atoms with Crippen LogP contribution in [-0.2, 0) is 39.4 Å². The zero-order valence-corrected chi connectivity index (χ0v) is 34.2. The molecule has 1 unspecified atom stereocenters. The van der Waals surface area contributed by atoms with Gasteiger partial charge in [-0.1, -0.05) is 23.2 Å². The van der Waals surface area contributed by atoms with Gasteiger partial charge < -0.3 is 34.8 Å². The van der Waals surface area contributed by atoms with Crippen LogP contribution in [0.25, 0.3) is 6.08 Å². The van der Waals surface area contributed by atoms with Crippen molar-refractivity contribution in [3.63, 3.8) is 0 Å². The summed E-state index contributed by atoms with van der Waals surface area (Å²) in [7, 11) is -3.71. The molecular weight excluding hydrogens is 796 g/mol. The van der Waals surface area contributed by atoms with Gasteiger partial charge in [0.25, 0.3) is 11.8 Å². The van der Waals surface area contributed by atoms with Gasteiger partial charge in [0.15, 0.2) is 0 Å². The summed E-state index contributed by atoms with van der Waals surface area (Å²) in [6.45, 7) is 6.83. The van der Waals surface area contributed by atoms with Crippen molar-refractivity contribution in [2.75, 3.05) is 66.8 Å². The lowest BCUT2D eigenvalue weighted by atomic mass is 9.93. The summed E-state index contributed by atoms with van der Waals surface area (Å²) < 4.78 is 14.8. The van der Waals surface area contributed by atoms with E-state index in [1.54, 1.807) is 25.1 Å². The number of aliphatic carboxylic acids is 1. The van der Waals surface area contributed by atoms with Crippen LogP contribution in [0.1, 0.15) is 52.0 Å². The van der Waals surface area contributed by atoms with Crippen molar-refractivity contribution in [1.29, 1.82) is 0 Å². The largest absolute Gasteiger partial charge is 0.778 e. The first kappa shape index (κ1) is 47.7. The Bertz CT molecular complexity index is 1640. The van der Waals surface area contributed by atoms with Gasteiger partial charge in [-0.3, -0.25) is 19.7 Å². The number of imide groups is 1. The predicted octanol–water partition coefficient (Wildman–Crippen LogP) is 4.27. The average molecular weight is 841 g/mol. The Morgan fingerprint density at radius 3 is 1.94 bits per heavy atom. The fraction of sp³-hybridized carbons (Fsp3) is 0.469. The number of carbonyl (C=O) groups excluding carboxylic acids is 3. The molecule has 0 fully saturated rings. The highest BCUT2D eigenvalue weighted by atomic mass is 35.5. The summed E-state index contributed by atoms with van der Waals surface area (Å²) in [5.74, 6) is -1.40. The molecule has 1 aliphatic carbocycles. The molecule has 2 amide bonds. The van der Waals surface area contributed by atoms with E-state index in [0.29, 0.717) is 63.1 Å². The van der Waals surface area contributed by atoms with Crippen molar-refractivity contribution in [2.45, 2.75) is 46.5 Å². The van der Waals surface area contributed by atoms with Gasteiger partial charge in [-0.2, -0.15) is 15.0 Å². The quantitative estimate of drug-likeness (QED) is 0.0660. The van der Waals surface area contributed by atoms with Crippen molar-refractivity contribution >= 4 is 101 Å². The maximum absolute atomic E-state index is 12.7. The molecule has 294 valence electrons. The smallest absolute Gasteiger partial charge is 0.349 e. The van der Waals surface area contributed by atoms with E-state index >= 15 is 0 Å². The minimum absolute atomic E-state index is 0.137. The number of carboxylic acids is 1. The van der Waals surface area contributed by atoms with Crippen molar-refractivity contribution in [2.24, 2.45) is 0 Å². The van der Waals surface area contributed by atoms with Crippen LogP contribution in [0.2, 0.25) is 10.3 Å². The van der Waals surface area contributed by atoms with Crippen molar-refractivity contribution in [3.8, 4) is 0 Å². The van der Waals surface area contributed by atoms with Crippen molar-refractivity contribution < 1.29 is 43.4 Å². The van der Waals surface area contributed by atoms with Crippen molar-refractivity contribution in [1.82, 2.24) is 20.3 Å². The van der Waals surface area contributed by atoms with Crippen LogP contribution in [0.15, 0.2) is 34.4 Å². The average Bonchev–Trinajstić information content (AvgIpc) is 3.31. The van der Waals surface area contributed by atoms with Crippen LogP contribution in [0.5, 0.6) is 0 Å². The fourth-order valence-electron chi connectivity index (χ4n) is 4.28. The van der Waals surface area contributed by atoms with Crippen LogP contribution in [0.3, 0.4) is 0 Å². The second-order valence-electron chi connectivity index (χ2n) is 11.2. The second-order valence-corrected chi connectivity index (χ2v) is 16.4. The van der Waals surface area contributed by atoms with Gasteiger partial charge in [0.2, 0.25) is 17.2 Å². The number of carbonyl (C=O) groups is 4. The summed E-state index contributed by atoms with van der Waals surface area (Å²) >= 11 is 17.8. The van der Waals surface area contributed by atoms with Gasteiger partial charge in [-0.05, 0) is 98.8 Å². The molecule has 0 radical (unpaired) electrons. The first-order chi connectivity index (χ1) is 24.8. The standard InChI is InChI=1S/C19H17Cl2NO4.C7H12ClN5.C3H8NO5P.C3H9S/c1-2-26-19(25)16(21)10-11-9-12(7-8-15(11)20)22-17(23)13-5-3-4-6-14(13)18(22)24;1-3-9-6-11-5(8)12-7(13-6)10-4-2;5-3(6)1-4-2-10(7,8)9;1-4(2)3/h7-10H,2-6H2,1H3;3-4H2,1-2H3,(H2,9,10,11,12,13);4H,1-2H2,(H,5,6)(H2,7,8,9);1-3H3/q;;;+1/p-1/b16-10-;;;. The third-order valence-corrected chi connectivity index (χ3v) is 7.65. The molecule has 0 bridgehead atoms. The Kier molecular flexibility index (Phi) is 21.8. The van der Waals surface area contributed by atoms with Gasteiger partial charge in [-0.15, -0.1) is 0 Å². The Morgan fingerprint density at radius 2 is 1.51 bits per heavy atom. The molecule has 2 aromatic rings. The van der Waals surface area contributed by atoms with Crippen LogP contribution in [0, 0.1) is 0 Å². The van der Waals surface area contributed by atoms with Crippen LogP contribution >= 0.6 is 42.4 Å². The monoisotopic (exact) mass is 839 g/mol. The zero-order chi connectivity index (χ0) is 40.3. The molecule has 0 spiro atoms. The topological polar surface area (TPSA) is 236 Å². The number of esters is 1. The first-order valence-corrected chi connectivity index (χ1v) is 21.5. The van der Waals surface area contributed by atoms with E-state index in [-0.39, 0.29) is 28.7 Å². The molecule has 2 heterocycles. The molecule has 1 aromatic carbocycles. The Labute approximate surface area is 326 Å². The lowest BCUT2D eigenvalue weighted by Crippen LogP contribution is -2.31. The number of amides is 2. The summed E-state index contributed by atoms with van der Waals surface area (Å²) in [4.78, 5) is 77.8. The molecule has 0 saturated carbocycles. The molecule has 0 saturated heterocycles. The van der Waals surface area contributed by atoms with Crippen LogP contribution in [-0.4, -0.2) is 100.0 Å². The third kappa shape index (κ3) is 18.1. The lowest BCUT2D eigenvalue weighted by molar-refractivity contribution is -0.193. The number of aromatic nitrogens is 3. The molecule has 1 atom stereocenters. The number of benzene rings is 1. The van der Waals surface area contributed by atoms with Crippen LogP contribution in [0.4, 0.5) is 17.6 Å². The molecule has 2 aliphatic rings. The maximum Gasteiger partial charge on any atom is 0.349 e. The van der Waals surface area contributed by atoms with E-state index in [2.05, 4.69) is 44.4 Å². The summed E-state index contributed by atoms with van der Waals surface area (Å²) in [5.41, 5.74) is 2.04. The van der Waals surface area contributed by atoms with E-state index in [9.17, 15) is 28.6 Å². The van der Waals surface area contributed by atoms with Crippen LogP contribution < -0.4 is 25.7 Å². The van der Waals surface area contributed by atoms with Gasteiger partial charge in [-0.25, -0.2) is 9.69 Å². The highest BCUT2D eigenvalue weighted by molar-refractivity contribution is 7.94. The number of nitrogens with zero attached hydrogens (tertiary/aromatic N) is 4. The van der Waals surface area contributed by atoms with E-state index < -0.39 is 32.4 Å². The molecule has 1 aromatic heterocycles. The fourth-order valence-corrected chi connectivity index (χ4v) is 5.18. The molecule has 53 heavy (non-hydrogen) atoms. The Balaban J connectivity index is 0.000000433. The summed E-state index contributed by atoms with van der Waals surface area (Å²) in [5, 5.41) is 16.3. The molecule has 4 rings (SSSR count). The number of hydrogen-bond acceptors (Lipinski definition) is 13. The maximum atomic E-state index is 12.7. The number of nitrogens with one attached hydrogen (secondary N) is 3. The van der Waals surface area contributed by atoms with Crippen molar-refractivity contribution in [3.05, 3.63) is 50.2 Å². The number of carboxylic acid groups (broad SMARTS) is 1. The number of ether oxygens (including phenoxy) is 1. The van der Waals surface area contributed by atoms with Gasteiger partial charge in [0, 0.05) is 29.3 Å². The molecule has 16 nitrogen and oxygen atoms in total. The van der Waals surface area contributed by atoms with E-state index in [1.807, 2.05) is 19.2 Å². The van der Waals surface area contributed by atoms with E-state index in [0.717, 1.165) is 25.9 Å². The predicted molar refractivity (Wildman–Crippen MR) is 209 cm³/mol. The highest BCUT2D eigenvalue weighted by Crippen LogP contribution is 2.37. The Hall–Kier alpha value is -3.28. The van der Waals surface area contributed by atoms with Gasteiger partial charge >= 0.3 is 11.9 Å². The van der Waals surface area contributed by atoms with Gasteiger partial charge in [0.1, 0.15) is 12.6 Å². The number of anilines is 3. The number of rotatable bonds is 12. The number of halogens is 3.